The lowest BCUT2D eigenvalue weighted by Crippen LogP contribution is -2.58. The van der Waals surface area contributed by atoms with Crippen LogP contribution in [0.3, 0.4) is 0 Å². The number of carbonyl (C=O) groups is 2. The number of carbonyl (C=O) groups excluding carboxylic acids is 2. The van der Waals surface area contributed by atoms with Crippen LogP contribution in [0.4, 0.5) is 13.2 Å². The second kappa shape index (κ2) is 8.70. The maximum atomic E-state index is 13.4. The van der Waals surface area contributed by atoms with Crippen LogP contribution in [0, 0.1) is 0 Å². The molecule has 164 valence electrons. The molecule has 2 aliphatic rings. The second-order valence-corrected chi connectivity index (χ2v) is 8.00. The molecule has 2 heterocycles. The van der Waals surface area contributed by atoms with Gasteiger partial charge in [-0.25, -0.2) is 0 Å². The number of rotatable bonds is 3. The Hall–Kier alpha value is -2.87. The van der Waals surface area contributed by atoms with E-state index >= 15 is 0 Å². The van der Waals surface area contributed by atoms with Gasteiger partial charge in [-0.3, -0.25) is 14.9 Å². The fraction of sp³-hybridized carbons (Fsp3) is 0.391. The molecule has 8 heteroatoms. The highest BCUT2D eigenvalue weighted by atomic mass is 19.4. The first-order chi connectivity index (χ1) is 14.8. The van der Waals surface area contributed by atoms with Gasteiger partial charge in [-0.2, -0.15) is 13.2 Å². The summed E-state index contributed by atoms with van der Waals surface area (Å²) < 4.78 is 38.7. The van der Waals surface area contributed by atoms with Gasteiger partial charge in [-0.1, -0.05) is 42.5 Å². The molecule has 5 nitrogen and oxygen atoms in total. The third-order valence-corrected chi connectivity index (χ3v) is 5.90. The molecule has 2 N–H and O–H groups in total. The van der Waals surface area contributed by atoms with Crippen molar-refractivity contribution in [1.82, 2.24) is 15.5 Å². The van der Waals surface area contributed by atoms with Crippen molar-refractivity contribution in [2.75, 3.05) is 6.54 Å². The highest BCUT2D eigenvalue weighted by Gasteiger charge is 2.38. The topological polar surface area (TPSA) is 61.4 Å². The quantitative estimate of drug-likeness (QED) is 0.774. The zero-order chi connectivity index (χ0) is 22.0. The molecule has 0 bridgehead atoms. The van der Waals surface area contributed by atoms with E-state index in [1.807, 2.05) is 30.3 Å². The Morgan fingerprint density at radius 1 is 0.968 bits per heavy atom. The van der Waals surface area contributed by atoms with E-state index in [0.717, 1.165) is 30.5 Å². The van der Waals surface area contributed by atoms with E-state index in [-0.39, 0.29) is 24.3 Å². The van der Waals surface area contributed by atoms with Gasteiger partial charge in [0, 0.05) is 6.54 Å². The largest absolute Gasteiger partial charge is 0.416 e. The van der Waals surface area contributed by atoms with Crippen LogP contribution in [-0.4, -0.2) is 29.3 Å². The molecule has 3 unspecified atom stereocenters. The monoisotopic (exact) mass is 431 g/mol. The van der Waals surface area contributed by atoms with Crippen LogP contribution in [-0.2, 0) is 15.8 Å². The van der Waals surface area contributed by atoms with Gasteiger partial charge in [-0.05, 0) is 42.5 Å². The molecule has 0 spiro atoms. The maximum absolute atomic E-state index is 13.4. The second-order valence-electron chi connectivity index (χ2n) is 8.00. The number of amides is 2. The maximum Gasteiger partial charge on any atom is 0.416 e. The van der Waals surface area contributed by atoms with Gasteiger partial charge >= 0.3 is 6.18 Å². The fourth-order valence-electron chi connectivity index (χ4n) is 4.33. The lowest BCUT2D eigenvalue weighted by atomic mass is 9.93. The number of likely N-dealkylation sites (tertiary alicyclic amines) is 1. The smallest absolute Gasteiger partial charge is 0.337 e. The van der Waals surface area contributed by atoms with Crippen molar-refractivity contribution in [2.45, 2.75) is 50.1 Å². The molecule has 2 amide bonds. The molecule has 0 saturated carbocycles. The molecule has 0 radical (unpaired) electrons. The van der Waals surface area contributed by atoms with Gasteiger partial charge in [0.15, 0.2) is 0 Å². The minimum absolute atomic E-state index is 0.0262. The van der Waals surface area contributed by atoms with Crippen molar-refractivity contribution in [3.8, 4) is 0 Å². The number of hydrogen-bond donors (Lipinski definition) is 2. The molecular weight excluding hydrogens is 407 g/mol. The summed E-state index contributed by atoms with van der Waals surface area (Å²) in [6, 6.07) is 13.4. The Morgan fingerprint density at radius 3 is 2.35 bits per heavy atom. The Kier molecular flexibility index (Phi) is 6.00. The summed E-state index contributed by atoms with van der Waals surface area (Å²) in [6.45, 7) is 0.514. The Bertz CT molecular complexity index is 931. The molecule has 2 aromatic carbocycles. The lowest BCUT2D eigenvalue weighted by molar-refractivity contribution is -0.142. The van der Waals surface area contributed by atoms with Crippen LogP contribution in [0.2, 0.25) is 0 Å². The van der Waals surface area contributed by atoms with E-state index < -0.39 is 23.9 Å². The average molecular weight is 431 g/mol. The van der Waals surface area contributed by atoms with E-state index in [2.05, 4.69) is 10.6 Å². The molecule has 0 aliphatic carbocycles. The Balaban J connectivity index is 1.53. The van der Waals surface area contributed by atoms with Crippen LogP contribution in [0.5, 0.6) is 0 Å². The molecular formula is C23H24F3N3O2. The molecule has 2 aromatic rings. The van der Waals surface area contributed by atoms with Gasteiger partial charge < -0.3 is 10.2 Å². The Labute approximate surface area is 178 Å². The lowest BCUT2D eigenvalue weighted by Gasteiger charge is -2.40. The van der Waals surface area contributed by atoms with Gasteiger partial charge in [-0.15, -0.1) is 0 Å². The van der Waals surface area contributed by atoms with Crippen molar-refractivity contribution in [2.24, 2.45) is 0 Å². The number of alkyl halides is 3. The highest BCUT2D eigenvalue weighted by Crippen LogP contribution is 2.35. The van der Waals surface area contributed by atoms with Crippen molar-refractivity contribution in [3.63, 3.8) is 0 Å². The first kappa shape index (κ1) is 21.4. The number of benzene rings is 2. The zero-order valence-corrected chi connectivity index (χ0v) is 16.9. The van der Waals surface area contributed by atoms with Gasteiger partial charge in [0.1, 0.15) is 6.17 Å². The van der Waals surface area contributed by atoms with Crippen LogP contribution in [0.25, 0.3) is 0 Å². The minimum Gasteiger partial charge on any atom is -0.337 e. The fourth-order valence-corrected chi connectivity index (χ4v) is 4.33. The molecule has 3 atom stereocenters. The SMILES string of the molecule is O=C1CC(C(=O)N2CCCCC2c2ccc(C(F)(F)F)cc2)NC(c2ccccc2)N1. The van der Waals surface area contributed by atoms with Crippen LogP contribution in [0.15, 0.2) is 54.6 Å². The van der Waals surface area contributed by atoms with Crippen LogP contribution >= 0.6 is 0 Å². The number of nitrogens with zero attached hydrogens (tertiary/aromatic N) is 1. The molecule has 0 aromatic heterocycles. The van der Waals surface area contributed by atoms with E-state index in [0.29, 0.717) is 18.5 Å². The predicted octanol–water partition coefficient (Wildman–Crippen LogP) is 3.94. The first-order valence-electron chi connectivity index (χ1n) is 10.4. The minimum atomic E-state index is -4.40. The van der Waals surface area contributed by atoms with Crippen molar-refractivity contribution >= 4 is 11.8 Å². The third kappa shape index (κ3) is 4.74. The summed E-state index contributed by atoms with van der Waals surface area (Å²) >= 11 is 0. The first-order valence-corrected chi connectivity index (χ1v) is 10.4. The van der Waals surface area contributed by atoms with Gasteiger partial charge in [0.25, 0.3) is 0 Å². The molecule has 2 saturated heterocycles. The van der Waals surface area contributed by atoms with Gasteiger partial charge in [0.05, 0.1) is 24.1 Å². The van der Waals surface area contributed by atoms with Crippen molar-refractivity contribution < 1.29 is 22.8 Å². The molecule has 4 rings (SSSR count). The van der Waals surface area contributed by atoms with Crippen LogP contribution < -0.4 is 10.6 Å². The highest BCUT2D eigenvalue weighted by molar-refractivity contribution is 5.90. The van der Waals surface area contributed by atoms with E-state index in [9.17, 15) is 22.8 Å². The summed E-state index contributed by atoms with van der Waals surface area (Å²) in [5.74, 6) is -0.408. The molecule has 2 aliphatic heterocycles. The van der Waals surface area contributed by atoms with Gasteiger partial charge in [0.2, 0.25) is 11.8 Å². The third-order valence-electron chi connectivity index (χ3n) is 5.90. The predicted molar refractivity (Wildman–Crippen MR) is 109 cm³/mol. The number of hydrogen-bond acceptors (Lipinski definition) is 3. The summed E-state index contributed by atoms with van der Waals surface area (Å²) in [5, 5.41) is 6.08. The van der Waals surface area contributed by atoms with E-state index in [1.165, 1.54) is 12.1 Å². The summed E-state index contributed by atoms with van der Waals surface area (Å²) in [6.07, 6.45) is -2.45. The summed E-state index contributed by atoms with van der Waals surface area (Å²) in [4.78, 5) is 27.4. The molecule has 2 fully saturated rings. The van der Waals surface area contributed by atoms with Crippen molar-refractivity contribution in [1.29, 1.82) is 0 Å². The average Bonchev–Trinajstić information content (AvgIpc) is 2.78. The molecule has 31 heavy (non-hydrogen) atoms. The number of piperidine rings is 1. The Morgan fingerprint density at radius 2 is 1.68 bits per heavy atom. The normalized spacial score (nSPS) is 24.5. The summed E-state index contributed by atoms with van der Waals surface area (Å²) in [7, 11) is 0. The van der Waals surface area contributed by atoms with Crippen molar-refractivity contribution in [3.05, 3.63) is 71.3 Å². The zero-order valence-electron chi connectivity index (χ0n) is 16.9. The standard InChI is InChI=1S/C23H24F3N3O2/c24-23(25,26)17-11-9-15(10-12-17)19-8-4-5-13-29(19)22(31)18-14-20(30)28-21(27-18)16-6-2-1-3-7-16/h1-3,6-7,9-12,18-19,21,27H,4-5,8,13-14H2,(H,28,30). The summed E-state index contributed by atoms with van der Waals surface area (Å²) in [5.41, 5.74) is 0.827. The number of nitrogens with one attached hydrogen (secondary N) is 2. The van der Waals surface area contributed by atoms with E-state index in [4.69, 9.17) is 0 Å². The number of halogens is 3. The van der Waals surface area contributed by atoms with E-state index in [1.54, 1.807) is 4.90 Å². The van der Waals surface area contributed by atoms with Crippen LogP contribution in [0.1, 0.15) is 54.6 Å².